The average Bonchev–Trinajstić information content (AvgIpc) is 3.47. The van der Waals surface area contributed by atoms with E-state index in [4.69, 9.17) is 4.74 Å². The van der Waals surface area contributed by atoms with Crippen molar-refractivity contribution in [3.05, 3.63) is 75.7 Å². The molecular weight excluding hydrogens is 416 g/mol. The quantitative estimate of drug-likeness (QED) is 0.639. The van der Waals surface area contributed by atoms with Crippen LogP contribution in [0.2, 0.25) is 0 Å². The van der Waals surface area contributed by atoms with Gasteiger partial charge in [-0.25, -0.2) is 4.98 Å². The molecule has 3 heterocycles. The van der Waals surface area contributed by atoms with Crippen LogP contribution in [-0.2, 0) is 11.3 Å². The summed E-state index contributed by atoms with van der Waals surface area (Å²) >= 11 is 1.26. The van der Waals surface area contributed by atoms with Gasteiger partial charge in [-0.3, -0.25) is 19.7 Å². The van der Waals surface area contributed by atoms with Gasteiger partial charge in [-0.1, -0.05) is 12.1 Å². The first-order valence-corrected chi connectivity index (χ1v) is 10.8. The van der Waals surface area contributed by atoms with Gasteiger partial charge in [-0.05, 0) is 42.7 Å². The van der Waals surface area contributed by atoms with Crippen LogP contribution in [-0.4, -0.2) is 39.9 Å². The van der Waals surface area contributed by atoms with E-state index in [0.717, 1.165) is 24.2 Å². The van der Waals surface area contributed by atoms with Gasteiger partial charge < -0.3 is 14.2 Å². The van der Waals surface area contributed by atoms with E-state index in [0.29, 0.717) is 11.7 Å². The summed E-state index contributed by atoms with van der Waals surface area (Å²) in [4.78, 5) is 44.1. The molecule has 1 aliphatic heterocycles. The first-order valence-electron chi connectivity index (χ1n) is 9.90. The lowest BCUT2D eigenvalue weighted by atomic mass is 10.0. The number of carbonyl (C=O) groups is 2. The summed E-state index contributed by atoms with van der Waals surface area (Å²) in [6.45, 7) is 0.497. The van der Waals surface area contributed by atoms with Crippen LogP contribution < -0.4 is 15.6 Å². The number of nitrogens with zero attached hydrogens (tertiary/aromatic N) is 3. The number of amides is 2. The van der Waals surface area contributed by atoms with Crippen LogP contribution >= 0.6 is 11.3 Å². The molecular formula is C22H22N4O4S. The second-order valence-electron chi connectivity index (χ2n) is 7.17. The van der Waals surface area contributed by atoms with Gasteiger partial charge in [0.1, 0.15) is 17.9 Å². The number of rotatable bonds is 6. The van der Waals surface area contributed by atoms with Gasteiger partial charge in [-0.15, -0.1) is 11.3 Å². The first-order chi connectivity index (χ1) is 15.1. The van der Waals surface area contributed by atoms with Crippen LogP contribution in [0, 0.1) is 0 Å². The Labute approximate surface area is 183 Å². The number of benzene rings is 1. The zero-order chi connectivity index (χ0) is 21.8. The van der Waals surface area contributed by atoms with E-state index in [2.05, 4.69) is 10.3 Å². The molecule has 0 bridgehead atoms. The fraction of sp³-hybridized carbons (Fsp3) is 0.273. The van der Waals surface area contributed by atoms with Crippen LogP contribution in [0.25, 0.3) is 0 Å². The van der Waals surface area contributed by atoms with E-state index < -0.39 is 11.5 Å². The van der Waals surface area contributed by atoms with Crippen LogP contribution in [0.15, 0.2) is 59.0 Å². The van der Waals surface area contributed by atoms with Crippen molar-refractivity contribution in [3.63, 3.8) is 0 Å². The topological polar surface area (TPSA) is 93.5 Å². The van der Waals surface area contributed by atoms with Crippen molar-refractivity contribution in [2.75, 3.05) is 19.0 Å². The number of aromatic nitrogens is 2. The third-order valence-corrected chi connectivity index (χ3v) is 5.96. The van der Waals surface area contributed by atoms with Gasteiger partial charge in [0.05, 0.1) is 13.2 Å². The lowest BCUT2D eigenvalue weighted by molar-refractivity contribution is -0.132. The highest BCUT2D eigenvalue weighted by molar-refractivity contribution is 7.13. The number of thiazole rings is 1. The fourth-order valence-corrected chi connectivity index (χ4v) is 4.30. The highest BCUT2D eigenvalue weighted by Gasteiger charge is 2.30. The second-order valence-corrected chi connectivity index (χ2v) is 8.06. The van der Waals surface area contributed by atoms with Crippen molar-refractivity contribution >= 4 is 28.3 Å². The molecule has 4 rings (SSSR count). The van der Waals surface area contributed by atoms with Crippen molar-refractivity contribution in [3.8, 4) is 5.75 Å². The molecule has 3 aromatic rings. The van der Waals surface area contributed by atoms with E-state index in [9.17, 15) is 14.4 Å². The van der Waals surface area contributed by atoms with E-state index in [1.165, 1.54) is 28.2 Å². The van der Waals surface area contributed by atoms with Crippen molar-refractivity contribution in [1.82, 2.24) is 14.5 Å². The Bertz CT molecular complexity index is 1140. The third kappa shape index (κ3) is 4.51. The average molecular weight is 439 g/mol. The zero-order valence-electron chi connectivity index (χ0n) is 17.0. The number of likely N-dealkylation sites (tertiary alicyclic amines) is 1. The van der Waals surface area contributed by atoms with E-state index in [1.807, 2.05) is 24.3 Å². The molecule has 1 aromatic carbocycles. The highest BCUT2D eigenvalue weighted by Crippen LogP contribution is 2.33. The number of methoxy groups -OCH3 is 1. The molecule has 9 heteroatoms. The Hall–Kier alpha value is -3.46. The summed E-state index contributed by atoms with van der Waals surface area (Å²) in [6, 6.07) is 10.7. The number of nitrogens with one attached hydrogen (secondary N) is 1. The van der Waals surface area contributed by atoms with Crippen LogP contribution in [0.4, 0.5) is 5.13 Å². The zero-order valence-corrected chi connectivity index (χ0v) is 17.8. The maximum atomic E-state index is 13.1. The maximum absolute atomic E-state index is 13.1. The maximum Gasteiger partial charge on any atom is 0.263 e. The number of hydrogen-bond acceptors (Lipinski definition) is 6. The Kier molecular flexibility index (Phi) is 6.13. The lowest BCUT2D eigenvalue weighted by Crippen LogP contribution is -2.37. The lowest BCUT2D eigenvalue weighted by Gasteiger charge is -2.26. The minimum atomic E-state index is -0.544. The molecule has 1 aliphatic rings. The molecule has 1 fully saturated rings. The number of carbonyl (C=O) groups excluding carboxylic acids is 2. The Morgan fingerprint density at radius 3 is 2.94 bits per heavy atom. The van der Waals surface area contributed by atoms with Crippen LogP contribution in [0.3, 0.4) is 0 Å². The summed E-state index contributed by atoms with van der Waals surface area (Å²) in [6.07, 6.45) is 4.83. The van der Waals surface area contributed by atoms with Crippen molar-refractivity contribution in [2.24, 2.45) is 0 Å². The molecule has 1 N–H and O–H groups in total. The van der Waals surface area contributed by atoms with Crippen molar-refractivity contribution < 1.29 is 14.3 Å². The van der Waals surface area contributed by atoms with Crippen LogP contribution in [0.5, 0.6) is 5.75 Å². The van der Waals surface area contributed by atoms with E-state index >= 15 is 0 Å². The molecule has 1 saturated heterocycles. The normalized spacial score (nSPS) is 15.6. The largest absolute Gasteiger partial charge is 0.497 e. The minimum Gasteiger partial charge on any atom is -0.497 e. The number of pyridine rings is 1. The molecule has 1 atom stereocenters. The Morgan fingerprint density at radius 1 is 1.29 bits per heavy atom. The molecule has 0 aliphatic carbocycles. The predicted octanol–water partition coefficient (Wildman–Crippen LogP) is 2.93. The fourth-order valence-electron chi connectivity index (χ4n) is 3.78. The molecule has 0 saturated carbocycles. The van der Waals surface area contributed by atoms with Crippen molar-refractivity contribution in [1.29, 1.82) is 0 Å². The molecule has 31 heavy (non-hydrogen) atoms. The van der Waals surface area contributed by atoms with Gasteiger partial charge in [0.25, 0.3) is 11.5 Å². The van der Waals surface area contributed by atoms with Crippen LogP contribution in [0.1, 0.15) is 34.8 Å². The SMILES string of the molecule is COc1cccc([C@@H]2CCCN2C(=O)Cn2cccc(C(=O)Nc3nccs3)c2=O)c1. The second kappa shape index (κ2) is 9.13. The number of anilines is 1. The summed E-state index contributed by atoms with van der Waals surface area (Å²) in [5.74, 6) is 0.0362. The molecule has 2 aromatic heterocycles. The number of ether oxygens (including phenoxy) is 1. The monoisotopic (exact) mass is 438 g/mol. The van der Waals surface area contributed by atoms with Gasteiger partial charge in [-0.2, -0.15) is 0 Å². The molecule has 0 unspecified atom stereocenters. The summed E-state index contributed by atoms with van der Waals surface area (Å²) in [5, 5.41) is 4.74. The summed E-state index contributed by atoms with van der Waals surface area (Å²) in [7, 11) is 1.61. The molecule has 0 radical (unpaired) electrons. The predicted molar refractivity (Wildman–Crippen MR) is 117 cm³/mol. The Balaban J connectivity index is 1.51. The molecule has 2 amide bonds. The van der Waals surface area contributed by atoms with Gasteiger partial charge >= 0.3 is 0 Å². The van der Waals surface area contributed by atoms with Gasteiger partial charge in [0, 0.05) is 24.3 Å². The highest BCUT2D eigenvalue weighted by atomic mass is 32.1. The van der Waals surface area contributed by atoms with Gasteiger partial charge in [0.2, 0.25) is 5.91 Å². The standard InChI is InChI=1S/C22H22N4O4S/c1-30-16-6-2-5-15(13-16)18-8-4-11-26(18)19(27)14-25-10-3-7-17(21(25)29)20(28)24-22-23-9-12-31-22/h2-3,5-7,9-10,12-13,18H,4,8,11,14H2,1H3,(H,23,24,28)/t18-/m0/s1. The summed E-state index contributed by atoms with van der Waals surface area (Å²) < 4.78 is 6.58. The molecule has 0 spiro atoms. The third-order valence-electron chi connectivity index (χ3n) is 5.27. The van der Waals surface area contributed by atoms with Crippen molar-refractivity contribution in [2.45, 2.75) is 25.4 Å². The summed E-state index contributed by atoms with van der Waals surface area (Å²) in [5.41, 5.74) is 0.465. The van der Waals surface area contributed by atoms with E-state index in [-0.39, 0.29) is 24.1 Å². The Morgan fingerprint density at radius 2 is 2.16 bits per heavy atom. The minimum absolute atomic E-state index is 0.0312. The number of hydrogen-bond donors (Lipinski definition) is 1. The van der Waals surface area contributed by atoms with E-state index in [1.54, 1.807) is 29.7 Å². The molecule has 8 nitrogen and oxygen atoms in total. The van der Waals surface area contributed by atoms with Gasteiger partial charge in [0.15, 0.2) is 5.13 Å². The first kappa shape index (κ1) is 20.8. The molecule has 160 valence electrons. The smallest absolute Gasteiger partial charge is 0.263 e.